The SMILES string of the molecule is N[C@@H](CCC(=O)N[C@@H](CSC(=O)Cl)C(=O)NCC(=O)O)C(=O)O. The molecular weight excluding hydrogens is 354 g/mol. The molecule has 10 nitrogen and oxygen atoms in total. The first-order chi connectivity index (χ1) is 10.6. The van der Waals surface area contributed by atoms with E-state index in [1.54, 1.807) is 0 Å². The summed E-state index contributed by atoms with van der Waals surface area (Å²) in [5.41, 5.74) is 5.24. The van der Waals surface area contributed by atoms with Crippen molar-refractivity contribution >= 4 is 51.7 Å². The lowest BCUT2D eigenvalue weighted by Crippen LogP contribution is -2.49. The molecule has 0 spiro atoms. The standard InChI is InChI=1S/C11H16ClN3O7S/c12-11(22)23-4-6(9(19)14-3-8(17)18)15-7(16)2-1-5(13)10(20)21/h5-6H,1-4,13H2,(H,14,19)(H,15,16)(H,17,18)(H,20,21)/t5-,6-/m0/s1. The summed E-state index contributed by atoms with van der Waals surface area (Å²) in [7, 11) is 0. The molecule has 0 aromatic carbocycles. The van der Waals surface area contributed by atoms with E-state index in [0.717, 1.165) is 0 Å². The topological polar surface area (TPSA) is 176 Å². The van der Waals surface area contributed by atoms with Gasteiger partial charge in [-0.1, -0.05) is 11.8 Å². The highest BCUT2D eigenvalue weighted by Gasteiger charge is 2.23. The number of amides is 2. The minimum Gasteiger partial charge on any atom is -0.480 e. The van der Waals surface area contributed by atoms with E-state index >= 15 is 0 Å². The molecule has 2 amide bonds. The molecule has 130 valence electrons. The summed E-state index contributed by atoms with van der Waals surface area (Å²) in [5, 5.41) is 21.4. The Morgan fingerprint density at radius 2 is 1.78 bits per heavy atom. The van der Waals surface area contributed by atoms with Crippen LogP contribution >= 0.6 is 23.4 Å². The normalized spacial score (nSPS) is 12.8. The molecule has 0 heterocycles. The monoisotopic (exact) mass is 369 g/mol. The fourth-order valence-corrected chi connectivity index (χ4v) is 2.02. The average molecular weight is 370 g/mol. The number of carbonyl (C=O) groups is 5. The molecule has 0 aliphatic rings. The van der Waals surface area contributed by atoms with Gasteiger partial charge in [0.05, 0.1) is 0 Å². The lowest BCUT2D eigenvalue weighted by Gasteiger charge is -2.17. The molecule has 0 saturated carbocycles. The Labute approximate surface area is 140 Å². The van der Waals surface area contributed by atoms with Gasteiger partial charge in [-0.15, -0.1) is 0 Å². The van der Waals surface area contributed by atoms with Crippen molar-refractivity contribution in [3.8, 4) is 0 Å². The van der Waals surface area contributed by atoms with Crippen molar-refractivity contribution in [1.29, 1.82) is 0 Å². The summed E-state index contributed by atoms with van der Waals surface area (Å²) < 4.78 is -0.803. The Morgan fingerprint density at radius 3 is 2.26 bits per heavy atom. The van der Waals surface area contributed by atoms with Gasteiger partial charge in [0.25, 0.3) is 4.57 Å². The third-order valence-corrected chi connectivity index (χ3v) is 3.48. The van der Waals surface area contributed by atoms with Crippen LogP contribution in [0.2, 0.25) is 0 Å². The van der Waals surface area contributed by atoms with Crippen LogP contribution in [0.1, 0.15) is 12.8 Å². The summed E-state index contributed by atoms with van der Waals surface area (Å²) in [5.74, 6) is -4.23. The maximum absolute atomic E-state index is 11.8. The average Bonchev–Trinajstić information content (AvgIpc) is 2.45. The van der Waals surface area contributed by atoms with Crippen molar-refractivity contribution < 1.29 is 34.2 Å². The van der Waals surface area contributed by atoms with Gasteiger partial charge >= 0.3 is 11.9 Å². The van der Waals surface area contributed by atoms with E-state index in [1.807, 2.05) is 0 Å². The van der Waals surface area contributed by atoms with Crippen LogP contribution in [0.15, 0.2) is 0 Å². The van der Waals surface area contributed by atoms with E-state index in [1.165, 1.54) is 0 Å². The molecule has 0 aromatic heterocycles. The minimum absolute atomic E-state index is 0.147. The van der Waals surface area contributed by atoms with Crippen LogP contribution in [-0.4, -0.2) is 62.9 Å². The first-order valence-corrected chi connectivity index (χ1v) is 7.59. The Kier molecular flexibility index (Phi) is 9.94. The van der Waals surface area contributed by atoms with Gasteiger partial charge in [0, 0.05) is 12.2 Å². The van der Waals surface area contributed by atoms with E-state index in [-0.39, 0.29) is 18.6 Å². The van der Waals surface area contributed by atoms with Gasteiger partial charge in [0.2, 0.25) is 11.8 Å². The Hall–Kier alpha value is -1.85. The molecule has 0 unspecified atom stereocenters. The van der Waals surface area contributed by atoms with Crippen LogP contribution in [-0.2, 0) is 19.2 Å². The van der Waals surface area contributed by atoms with Crippen molar-refractivity contribution in [2.75, 3.05) is 12.3 Å². The van der Waals surface area contributed by atoms with Gasteiger partial charge in [-0.2, -0.15) is 0 Å². The Morgan fingerprint density at radius 1 is 1.17 bits per heavy atom. The fraction of sp³-hybridized carbons (Fsp3) is 0.545. The first-order valence-electron chi connectivity index (χ1n) is 6.23. The second-order valence-electron chi connectivity index (χ2n) is 4.26. The summed E-state index contributed by atoms with van der Waals surface area (Å²) in [4.78, 5) is 55.1. The third-order valence-electron chi connectivity index (χ3n) is 2.43. The van der Waals surface area contributed by atoms with Gasteiger partial charge in [0.1, 0.15) is 18.6 Å². The van der Waals surface area contributed by atoms with E-state index in [0.29, 0.717) is 11.8 Å². The maximum Gasteiger partial charge on any atom is 0.322 e. The lowest BCUT2D eigenvalue weighted by atomic mass is 10.1. The van der Waals surface area contributed by atoms with Crippen molar-refractivity contribution in [1.82, 2.24) is 10.6 Å². The predicted molar refractivity (Wildman–Crippen MR) is 81.1 cm³/mol. The second-order valence-corrected chi connectivity index (χ2v) is 5.82. The number of nitrogens with one attached hydrogen (secondary N) is 2. The Bertz CT molecular complexity index is 488. The van der Waals surface area contributed by atoms with Crippen LogP contribution in [0.4, 0.5) is 4.79 Å². The largest absolute Gasteiger partial charge is 0.480 e. The number of nitrogens with two attached hydrogens (primary N) is 1. The molecule has 0 aliphatic heterocycles. The minimum atomic E-state index is -1.28. The van der Waals surface area contributed by atoms with Gasteiger partial charge in [-0.25, -0.2) is 0 Å². The molecule has 0 fully saturated rings. The van der Waals surface area contributed by atoms with Gasteiger partial charge in [0.15, 0.2) is 0 Å². The zero-order valence-corrected chi connectivity index (χ0v) is 13.4. The quantitative estimate of drug-likeness (QED) is 0.301. The maximum atomic E-state index is 11.8. The second kappa shape index (κ2) is 10.8. The van der Waals surface area contributed by atoms with Crippen molar-refractivity contribution in [2.45, 2.75) is 24.9 Å². The van der Waals surface area contributed by atoms with E-state index in [9.17, 15) is 24.0 Å². The van der Waals surface area contributed by atoms with Crippen molar-refractivity contribution in [3.63, 3.8) is 0 Å². The van der Waals surface area contributed by atoms with Crippen molar-refractivity contribution in [2.24, 2.45) is 5.73 Å². The fourth-order valence-electron chi connectivity index (χ4n) is 1.29. The molecule has 0 bridgehead atoms. The highest BCUT2D eigenvalue weighted by Crippen LogP contribution is 2.09. The molecule has 0 saturated heterocycles. The molecule has 0 radical (unpaired) electrons. The van der Waals surface area contributed by atoms with Crippen LogP contribution in [0.3, 0.4) is 0 Å². The highest BCUT2D eigenvalue weighted by atomic mass is 35.5. The lowest BCUT2D eigenvalue weighted by molar-refractivity contribution is -0.139. The molecule has 0 rings (SSSR count). The van der Waals surface area contributed by atoms with Crippen molar-refractivity contribution in [3.05, 3.63) is 0 Å². The number of carboxylic acid groups (broad SMARTS) is 2. The molecule has 2 atom stereocenters. The number of carboxylic acids is 2. The van der Waals surface area contributed by atoms with Crippen LogP contribution in [0.5, 0.6) is 0 Å². The van der Waals surface area contributed by atoms with E-state index < -0.39 is 47.0 Å². The van der Waals surface area contributed by atoms with Gasteiger partial charge < -0.3 is 26.6 Å². The number of aliphatic carboxylic acids is 2. The van der Waals surface area contributed by atoms with Crippen LogP contribution in [0, 0.1) is 0 Å². The zero-order chi connectivity index (χ0) is 18.0. The predicted octanol–water partition coefficient (Wildman–Crippen LogP) is -1.04. The van der Waals surface area contributed by atoms with Crippen LogP contribution in [0.25, 0.3) is 0 Å². The molecule has 0 aromatic rings. The first kappa shape index (κ1) is 21.1. The number of carbonyl (C=O) groups excluding carboxylic acids is 3. The van der Waals surface area contributed by atoms with Crippen LogP contribution < -0.4 is 16.4 Å². The third kappa shape index (κ3) is 10.5. The molecule has 23 heavy (non-hydrogen) atoms. The Balaban J connectivity index is 4.57. The number of hydrogen-bond donors (Lipinski definition) is 5. The van der Waals surface area contributed by atoms with E-state index in [4.69, 9.17) is 27.5 Å². The molecule has 6 N–H and O–H groups in total. The number of hydrogen-bond acceptors (Lipinski definition) is 7. The molecule has 0 aliphatic carbocycles. The summed E-state index contributed by atoms with van der Waals surface area (Å²) in [6.45, 7) is -0.658. The van der Waals surface area contributed by atoms with Gasteiger partial charge in [-0.05, 0) is 18.0 Å². The summed E-state index contributed by atoms with van der Waals surface area (Å²) in [6.07, 6.45) is -0.401. The number of halogens is 1. The highest BCUT2D eigenvalue weighted by molar-refractivity contribution is 8.16. The summed E-state index contributed by atoms with van der Waals surface area (Å²) in [6, 6.07) is -2.42. The van der Waals surface area contributed by atoms with Gasteiger partial charge in [-0.3, -0.25) is 24.0 Å². The summed E-state index contributed by atoms with van der Waals surface area (Å²) >= 11 is 5.69. The molecule has 12 heteroatoms. The van der Waals surface area contributed by atoms with E-state index in [2.05, 4.69) is 10.6 Å². The smallest absolute Gasteiger partial charge is 0.322 e. The zero-order valence-electron chi connectivity index (χ0n) is 11.8. The number of thioether (sulfide) groups is 1. The molecular formula is C11H16ClN3O7S. The number of rotatable bonds is 10.